The Hall–Kier alpha value is -0.260. The molecule has 0 aliphatic rings. The predicted octanol–water partition coefficient (Wildman–Crippen LogP) is 1.29. The number of hydrogen-bond acceptors (Lipinski definition) is 5. The molecule has 1 atom stereocenters. The molecule has 0 bridgehead atoms. The minimum Gasteiger partial charge on any atom is -0.372 e. The van der Waals surface area contributed by atoms with Crippen LogP contribution in [0.3, 0.4) is 0 Å². The molecule has 0 fully saturated rings. The van der Waals surface area contributed by atoms with Crippen molar-refractivity contribution < 1.29 is 9.63 Å². The van der Waals surface area contributed by atoms with Crippen LogP contribution in [0.25, 0.3) is 0 Å². The third-order valence-electron chi connectivity index (χ3n) is 3.84. The van der Waals surface area contributed by atoms with Gasteiger partial charge in [0.15, 0.2) is 0 Å². The number of nitrogens with two attached hydrogens (primary N) is 2. The molecule has 0 radical (unpaired) electrons. The van der Waals surface area contributed by atoms with Gasteiger partial charge in [0.05, 0.1) is 0 Å². The third-order valence-corrected chi connectivity index (χ3v) is 5.38. The first-order valence-electron chi connectivity index (χ1n) is 4.79. The van der Waals surface area contributed by atoms with E-state index < -0.39 is 16.9 Å². The van der Waals surface area contributed by atoms with Crippen LogP contribution >= 0.6 is 11.8 Å². The summed E-state index contributed by atoms with van der Waals surface area (Å²) in [6, 6.07) is 0. The van der Waals surface area contributed by atoms with Gasteiger partial charge in [0, 0.05) is 10.2 Å². The molecule has 0 aromatic rings. The summed E-state index contributed by atoms with van der Waals surface area (Å²) in [5, 5.41) is 0. The van der Waals surface area contributed by atoms with Gasteiger partial charge in [-0.25, -0.2) is 4.79 Å². The van der Waals surface area contributed by atoms with Gasteiger partial charge in [0.25, 0.3) is 0 Å². The highest BCUT2D eigenvalue weighted by molar-refractivity contribution is 8.00. The van der Waals surface area contributed by atoms with Crippen molar-refractivity contribution in [3.05, 3.63) is 0 Å². The van der Waals surface area contributed by atoms with Gasteiger partial charge < -0.3 is 10.6 Å². The Morgan fingerprint density at radius 3 is 1.87 bits per heavy atom. The van der Waals surface area contributed by atoms with Gasteiger partial charge in [0.1, 0.15) is 5.54 Å². The summed E-state index contributed by atoms with van der Waals surface area (Å²) in [5.74, 6) is 4.31. The maximum atomic E-state index is 11.6. The normalized spacial score (nSPS) is 17.1. The maximum Gasteiger partial charge on any atom is 0.344 e. The highest BCUT2D eigenvalue weighted by atomic mass is 32.2. The molecule has 0 aliphatic heterocycles. The summed E-state index contributed by atoms with van der Waals surface area (Å²) >= 11 is 1.66. The van der Waals surface area contributed by atoms with Crippen LogP contribution in [0.1, 0.15) is 34.6 Å². The molecule has 0 saturated heterocycles. The Kier molecular flexibility index (Phi) is 4.24. The minimum atomic E-state index is -1.12. The second-order valence-corrected chi connectivity index (χ2v) is 6.38. The van der Waals surface area contributed by atoms with E-state index >= 15 is 0 Å². The molecule has 0 heterocycles. The molecule has 4 nitrogen and oxygen atoms in total. The standard InChI is InChI=1S/C10H22N2O2S/c1-8(2,9(3,4)15-6)10(5,11)7(13)14-12/h11-12H2,1-6H3. The monoisotopic (exact) mass is 234 g/mol. The number of rotatable bonds is 4. The fourth-order valence-corrected chi connectivity index (χ4v) is 1.98. The van der Waals surface area contributed by atoms with Crippen molar-refractivity contribution in [2.75, 3.05) is 6.26 Å². The summed E-state index contributed by atoms with van der Waals surface area (Å²) in [6.45, 7) is 9.64. The minimum absolute atomic E-state index is 0.162. The lowest BCUT2D eigenvalue weighted by atomic mass is 9.66. The number of carbonyl (C=O) groups excluding carboxylic acids is 1. The largest absolute Gasteiger partial charge is 0.372 e. The second kappa shape index (κ2) is 4.31. The van der Waals surface area contributed by atoms with Crippen LogP contribution in [0.15, 0.2) is 0 Å². The van der Waals surface area contributed by atoms with Crippen molar-refractivity contribution in [1.82, 2.24) is 0 Å². The lowest BCUT2D eigenvalue weighted by molar-refractivity contribution is -0.155. The lowest BCUT2D eigenvalue weighted by Gasteiger charge is -2.48. The lowest BCUT2D eigenvalue weighted by Crippen LogP contribution is -2.63. The van der Waals surface area contributed by atoms with Crippen LogP contribution in [0, 0.1) is 5.41 Å². The van der Waals surface area contributed by atoms with E-state index in [1.807, 2.05) is 34.0 Å². The summed E-state index contributed by atoms with van der Waals surface area (Å²) in [7, 11) is 0. The molecule has 5 heteroatoms. The van der Waals surface area contributed by atoms with Crippen LogP contribution in [-0.2, 0) is 9.63 Å². The van der Waals surface area contributed by atoms with Crippen molar-refractivity contribution in [1.29, 1.82) is 0 Å². The van der Waals surface area contributed by atoms with Gasteiger partial charge in [-0.15, -0.1) is 0 Å². The van der Waals surface area contributed by atoms with Gasteiger partial charge in [-0.2, -0.15) is 17.7 Å². The van der Waals surface area contributed by atoms with E-state index in [-0.39, 0.29) is 4.75 Å². The van der Waals surface area contributed by atoms with E-state index in [4.69, 9.17) is 11.6 Å². The van der Waals surface area contributed by atoms with E-state index in [9.17, 15) is 4.79 Å². The van der Waals surface area contributed by atoms with Crippen molar-refractivity contribution >= 4 is 17.7 Å². The Morgan fingerprint density at radius 1 is 1.20 bits per heavy atom. The van der Waals surface area contributed by atoms with Crippen LogP contribution in [-0.4, -0.2) is 22.5 Å². The number of hydrogen-bond donors (Lipinski definition) is 2. The molecule has 0 rings (SSSR count). The molecule has 15 heavy (non-hydrogen) atoms. The van der Waals surface area contributed by atoms with E-state index in [0.717, 1.165) is 0 Å². The first kappa shape index (κ1) is 14.7. The molecule has 0 aliphatic carbocycles. The zero-order chi connectivity index (χ0) is 12.5. The number of carbonyl (C=O) groups is 1. The quantitative estimate of drug-likeness (QED) is 0.717. The first-order chi connectivity index (χ1) is 6.54. The van der Waals surface area contributed by atoms with E-state index in [0.29, 0.717) is 0 Å². The summed E-state index contributed by atoms with van der Waals surface area (Å²) in [5.41, 5.74) is 4.48. The first-order valence-corrected chi connectivity index (χ1v) is 6.02. The SMILES string of the molecule is CSC(C)(C)C(C)(C)C(C)(N)C(=O)ON. The molecule has 0 aromatic heterocycles. The average molecular weight is 234 g/mol. The zero-order valence-corrected chi connectivity index (χ0v) is 11.2. The van der Waals surface area contributed by atoms with Crippen LogP contribution < -0.4 is 11.6 Å². The molecular formula is C10H22N2O2S. The van der Waals surface area contributed by atoms with Gasteiger partial charge in [-0.1, -0.05) is 27.7 Å². The van der Waals surface area contributed by atoms with E-state index in [1.54, 1.807) is 18.7 Å². The van der Waals surface area contributed by atoms with Crippen molar-refractivity contribution in [2.24, 2.45) is 17.0 Å². The Balaban J connectivity index is 5.27. The summed E-state index contributed by atoms with van der Waals surface area (Å²) in [6.07, 6.45) is 1.99. The van der Waals surface area contributed by atoms with E-state index in [2.05, 4.69) is 4.84 Å². The fraction of sp³-hybridized carbons (Fsp3) is 0.900. The summed E-state index contributed by atoms with van der Waals surface area (Å²) in [4.78, 5) is 15.8. The predicted molar refractivity (Wildman–Crippen MR) is 64.2 cm³/mol. The van der Waals surface area contributed by atoms with Crippen molar-refractivity contribution in [3.8, 4) is 0 Å². The average Bonchev–Trinajstić information content (AvgIpc) is 2.15. The molecule has 4 N–H and O–H groups in total. The molecule has 0 aromatic carbocycles. The Labute approximate surface area is 96.1 Å². The van der Waals surface area contributed by atoms with Gasteiger partial charge >= 0.3 is 5.97 Å². The Bertz CT molecular complexity index is 250. The van der Waals surface area contributed by atoms with Crippen molar-refractivity contribution in [3.63, 3.8) is 0 Å². The highest BCUT2D eigenvalue weighted by Gasteiger charge is 2.53. The fourth-order valence-electron chi connectivity index (χ4n) is 1.26. The summed E-state index contributed by atoms with van der Waals surface area (Å²) < 4.78 is -0.162. The maximum absolute atomic E-state index is 11.6. The van der Waals surface area contributed by atoms with Crippen LogP contribution in [0.2, 0.25) is 0 Å². The molecule has 90 valence electrons. The van der Waals surface area contributed by atoms with Crippen LogP contribution in [0.5, 0.6) is 0 Å². The Morgan fingerprint density at radius 2 is 1.60 bits per heavy atom. The van der Waals surface area contributed by atoms with E-state index in [1.165, 1.54) is 0 Å². The molecular weight excluding hydrogens is 212 g/mol. The molecule has 0 saturated carbocycles. The highest BCUT2D eigenvalue weighted by Crippen LogP contribution is 2.46. The van der Waals surface area contributed by atoms with Crippen molar-refractivity contribution in [2.45, 2.75) is 44.9 Å². The molecule has 0 spiro atoms. The zero-order valence-electron chi connectivity index (χ0n) is 10.4. The smallest absolute Gasteiger partial charge is 0.344 e. The van der Waals surface area contributed by atoms with Gasteiger partial charge in [0.2, 0.25) is 0 Å². The third kappa shape index (κ3) is 2.29. The molecule has 1 unspecified atom stereocenters. The number of thioether (sulfide) groups is 1. The second-order valence-electron chi connectivity index (χ2n) is 4.95. The van der Waals surface area contributed by atoms with Crippen LogP contribution in [0.4, 0.5) is 0 Å². The topological polar surface area (TPSA) is 78.3 Å². The van der Waals surface area contributed by atoms with Gasteiger partial charge in [-0.3, -0.25) is 0 Å². The van der Waals surface area contributed by atoms with Gasteiger partial charge in [-0.05, 0) is 13.2 Å². The molecule has 0 amide bonds.